The Morgan fingerprint density at radius 2 is 2.00 bits per heavy atom. The lowest BCUT2D eigenvalue weighted by molar-refractivity contribution is 0.0694. The molecule has 0 atom stereocenters. The number of hydrogen-bond acceptors (Lipinski definition) is 2. The van der Waals surface area contributed by atoms with Gasteiger partial charge in [-0.25, -0.2) is 9.64 Å². The zero-order valence-corrected chi connectivity index (χ0v) is 11.7. The van der Waals surface area contributed by atoms with E-state index in [-0.39, 0.29) is 11.3 Å². The van der Waals surface area contributed by atoms with Crippen LogP contribution in [0.1, 0.15) is 10.4 Å². The van der Waals surface area contributed by atoms with E-state index in [2.05, 4.69) is 4.85 Å². The lowest BCUT2D eigenvalue weighted by atomic mass is 9.99. The highest BCUT2D eigenvalue weighted by Crippen LogP contribution is 2.35. The molecular formula is C17H12N2O3. The van der Waals surface area contributed by atoms with Gasteiger partial charge in [0.1, 0.15) is 11.3 Å². The summed E-state index contributed by atoms with van der Waals surface area (Å²) < 4.78 is 1.92. The average Bonchev–Trinajstić information content (AvgIpc) is 2.87. The van der Waals surface area contributed by atoms with Gasteiger partial charge in [-0.1, -0.05) is 6.07 Å². The van der Waals surface area contributed by atoms with Gasteiger partial charge in [0.25, 0.3) is 0 Å². The number of aromatic carboxylic acids is 1. The lowest BCUT2D eigenvalue weighted by Gasteiger charge is -2.08. The Kier molecular flexibility index (Phi) is 3.08. The van der Waals surface area contributed by atoms with Crippen LogP contribution in [0.2, 0.25) is 0 Å². The molecule has 0 aliphatic rings. The molecule has 0 spiro atoms. The molecular weight excluding hydrogens is 280 g/mol. The second kappa shape index (κ2) is 4.93. The number of nitrogens with zero attached hydrogens (tertiary/aromatic N) is 2. The van der Waals surface area contributed by atoms with E-state index in [1.165, 1.54) is 12.1 Å². The zero-order valence-electron chi connectivity index (χ0n) is 11.7. The van der Waals surface area contributed by atoms with Gasteiger partial charge in [0, 0.05) is 24.1 Å². The molecule has 0 fully saturated rings. The maximum atomic E-state index is 11.0. The summed E-state index contributed by atoms with van der Waals surface area (Å²) in [5.74, 6) is -1.47. The number of benzene rings is 2. The Balaban J connectivity index is 2.28. The van der Waals surface area contributed by atoms with Gasteiger partial charge < -0.3 is 14.8 Å². The summed E-state index contributed by atoms with van der Waals surface area (Å²) in [4.78, 5) is 14.5. The van der Waals surface area contributed by atoms with Crippen molar-refractivity contribution in [3.05, 3.63) is 59.6 Å². The first kappa shape index (κ1) is 13.7. The van der Waals surface area contributed by atoms with E-state index in [4.69, 9.17) is 11.7 Å². The Labute approximate surface area is 126 Å². The maximum absolute atomic E-state index is 11.0. The number of phenols is 1. The molecule has 5 heteroatoms. The van der Waals surface area contributed by atoms with Gasteiger partial charge in [-0.05, 0) is 41.5 Å². The smallest absolute Gasteiger partial charge is 0.339 e. The van der Waals surface area contributed by atoms with Crippen LogP contribution >= 0.6 is 0 Å². The fourth-order valence-electron chi connectivity index (χ4n) is 2.54. The van der Waals surface area contributed by atoms with Crippen LogP contribution in [0, 0.1) is 6.57 Å². The monoisotopic (exact) mass is 292 g/mol. The second-order valence-corrected chi connectivity index (χ2v) is 5.00. The van der Waals surface area contributed by atoms with Gasteiger partial charge in [-0.3, -0.25) is 0 Å². The molecule has 5 nitrogen and oxygen atoms in total. The third kappa shape index (κ3) is 2.07. The van der Waals surface area contributed by atoms with Crippen LogP contribution in [0.15, 0.2) is 42.6 Å². The summed E-state index contributed by atoms with van der Waals surface area (Å²) in [6.45, 7) is 7.22. The highest BCUT2D eigenvalue weighted by atomic mass is 16.4. The average molecular weight is 292 g/mol. The number of carbonyl (C=O) groups is 1. The summed E-state index contributed by atoms with van der Waals surface area (Å²) >= 11 is 0. The molecule has 0 amide bonds. The fraction of sp³-hybridized carbons (Fsp3) is 0.0588. The topological polar surface area (TPSA) is 66.8 Å². The van der Waals surface area contributed by atoms with Crippen molar-refractivity contribution in [2.24, 2.45) is 7.05 Å². The molecule has 0 saturated carbocycles. The Morgan fingerprint density at radius 1 is 1.23 bits per heavy atom. The highest BCUT2D eigenvalue weighted by molar-refractivity contribution is 5.99. The van der Waals surface area contributed by atoms with Crippen molar-refractivity contribution in [3.63, 3.8) is 0 Å². The van der Waals surface area contributed by atoms with E-state index in [0.717, 1.165) is 16.5 Å². The largest absolute Gasteiger partial charge is 0.507 e. The van der Waals surface area contributed by atoms with Crippen molar-refractivity contribution < 1.29 is 15.0 Å². The van der Waals surface area contributed by atoms with Crippen molar-refractivity contribution in [2.75, 3.05) is 0 Å². The first-order valence-corrected chi connectivity index (χ1v) is 6.54. The minimum atomic E-state index is -1.18. The SMILES string of the molecule is [C-]#[N+]c1cc(-c2ccc(C(=O)O)c(O)c2)c2ccn(C)c2c1. The second-order valence-electron chi connectivity index (χ2n) is 5.00. The van der Waals surface area contributed by atoms with Crippen molar-refractivity contribution in [1.29, 1.82) is 0 Å². The van der Waals surface area contributed by atoms with Gasteiger partial charge in [-0.15, -0.1) is 0 Å². The Hall–Kier alpha value is -3.26. The predicted molar refractivity (Wildman–Crippen MR) is 83.2 cm³/mol. The van der Waals surface area contributed by atoms with Gasteiger partial charge in [0.15, 0.2) is 5.69 Å². The van der Waals surface area contributed by atoms with Crippen LogP contribution in [-0.4, -0.2) is 20.7 Å². The number of aromatic nitrogens is 1. The van der Waals surface area contributed by atoms with Gasteiger partial charge in [0.2, 0.25) is 0 Å². The molecule has 1 aromatic heterocycles. The first-order valence-electron chi connectivity index (χ1n) is 6.54. The van der Waals surface area contributed by atoms with Crippen LogP contribution in [0.25, 0.3) is 26.9 Å². The van der Waals surface area contributed by atoms with Crippen molar-refractivity contribution in [3.8, 4) is 16.9 Å². The summed E-state index contributed by atoms with van der Waals surface area (Å²) in [6.07, 6.45) is 1.90. The van der Waals surface area contributed by atoms with Crippen LogP contribution in [0.4, 0.5) is 5.69 Å². The van der Waals surface area contributed by atoms with Crippen LogP contribution in [0.3, 0.4) is 0 Å². The third-order valence-electron chi connectivity index (χ3n) is 3.66. The minimum Gasteiger partial charge on any atom is -0.507 e. The third-order valence-corrected chi connectivity index (χ3v) is 3.66. The van der Waals surface area contributed by atoms with Gasteiger partial charge in [0.05, 0.1) is 6.57 Å². The number of fused-ring (bicyclic) bond motifs is 1. The summed E-state index contributed by atoms with van der Waals surface area (Å²) in [7, 11) is 1.89. The molecule has 0 unspecified atom stereocenters. The Bertz CT molecular complexity index is 948. The number of aromatic hydroxyl groups is 1. The van der Waals surface area contributed by atoms with Crippen LogP contribution < -0.4 is 0 Å². The van der Waals surface area contributed by atoms with Crippen molar-refractivity contribution >= 4 is 22.6 Å². The molecule has 0 bridgehead atoms. The van der Waals surface area contributed by atoms with E-state index in [9.17, 15) is 9.90 Å². The summed E-state index contributed by atoms with van der Waals surface area (Å²) in [5.41, 5.74) is 2.71. The van der Waals surface area contributed by atoms with Crippen molar-refractivity contribution in [1.82, 2.24) is 4.57 Å². The summed E-state index contributed by atoms with van der Waals surface area (Å²) in [6, 6.07) is 9.90. The van der Waals surface area contributed by atoms with Gasteiger partial charge in [-0.2, -0.15) is 0 Å². The quantitative estimate of drug-likeness (QED) is 0.706. The molecule has 0 aliphatic heterocycles. The molecule has 2 N–H and O–H groups in total. The highest BCUT2D eigenvalue weighted by Gasteiger charge is 2.13. The number of aryl methyl sites for hydroxylation is 1. The van der Waals surface area contributed by atoms with Gasteiger partial charge >= 0.3 is 5.97 Å². The van der Waals surface area contributed by atoms with E-state index >= 15 is 0 Å². The van der Waals surface area contributed by atoms with Crippen LogP contribution in [0.5, 0.6) is 5.75 Å². The lowest BCUT2D eigenvalue weighted by Crippen LogP contribution is -1.96. The maximum Gasteiger partial charge on any atom is 0.339 e. The predicted octanol–water partition coefficient (Wildman–Crippen LogP) is 3.80. The summed E-state index contributed by atoms with van der Waals surface area (Å²) in [5, 5.41) is 19.8. The van der Waals surface area contributed by atoms with E-state index in [0.29, 0.717) is 11.3 Å². The number of hydrogen-bond donors (Lipinski definition) is 2. The molecule has 2 aromatic carbocycles. The molecule has 1 heterocycles. The standard InChI is InChI=1S/C17H12N2O3/c1-18-11-8-14(12-5-6-19(2)15(12)9-11)10-3-4-13(17(21)22)16(20)7-10/h3-9,20H,2H3,(H,21,22). The van der Waals surface area contributed by atoms with E-state index < -0.39 is 5.97 Å². The van der Waals surface area contributed by atoms with E-state index in [1.54, 1.807) is 18.2 Å². The number of carboxylic acid groups (broad SMARTS) is 1. The first-order chi connectivity index (χ1) is 10.5. The molecule has 22 heavy (non-hydrogen) atoms. The number of rotatable bonds is 2. The molecule has 108 valence electrons. The molecule has 3 rings (SSSR count). The fourth-order valence-corrected chi connectivity index (χ4v) is 2.54. The molecule has 0 saturated heterocycles. The minimum absolute atomic E-state index is 0.144. The number of carboxylic acids is 1. The molecule has 0 radical (unpaired) electrons. The Morgan fingerprint density at radius 3 is 2.64 bits per heavy atom. The van der Waals surface area contributed by atoms with Crippen molar-refractivity contribution in [2.45, 2.75) is 0 Å². The van der Waals surface area contributed by atoms with Crippen LogP contribution in [-0.2, 0) is 7.05 Å². The zero-order chi connectivity index (χ0) is 15.9. The normalized spacial score (nSPS) is 10.5. The van der Waals surface area contributed by atoms with E-state index in [1.807, 2.05) is 23.9 Å². The molecule has 3 aromatic rings. The molecule has 0 aliphatic carbocycles.